The molecule has 6 nitrogen and oxygen atoms in total. The van der Waals surface area contributed by atoms with Gasteiger partial charge in [0.2, 0.25) is 5.92 Å². The monoisotopic (exact) mass is 477 g/mol. The number of carbonyl (C=O) groups is 2. The highest BCUT2D eigenvalue weighted by atomic mass is 19.3. The number of piperidine rings is 1. The van der Waals surface area contributed by atoms with Gasteiger partial charge in [0.15, 0.2) is 0 Å². The molecular formula is C26H37F2N3O3. The largest absolute Gasteiger partial charge is 0.384 e. The van der Waals surface area contributed by atoms with E-state index in [2.05, 4.69) is 10.2 Å². The number of aliphatic hydroxyl groups is 1. The van der Waals surface area contributed by atoms with Gasteiger partial charge < -0.3 is 15.3 Å². The summed E-state index contributed by atoms with van der Waals surface area (Å²) in [5.41, 5.74) is 0.671. The number of aliphatic hydroxyl groups excluding tert-OH is 1. The summed E-state index contributed by atoms with van der Waals surface area (Å²) in [7, 11) is 0. The molecule has 1 aromatic carbocycles. The van der Waals surface area contributed by atoms with E-state index in [0.29, 0.717) is 50.1 Å². The molecule has 0 aromatic heterocycles. The Morgan fingerprint density at radius 1 is 1.12 bits per heavy atom. The number of carbonyl (C=O) groups excluding carboxylic acids is 2. The molecule has 1 aliphatic carbocycles. The quantitative estimate of drug-likeness (QED) is 0.602. The highest BCUT2D eigenvalue weighted by Crippen LogP contribution is 2.37. The summed E-state index contributed by atoms with van der Waals surface area (Å²) in [6.07, 6.45) is 3.40. The van der Waals surface area contributed by atoms with Crippen LogP contribution in [-0.2, 0) is 4.79 Å². The van der Waals surface area contributed by atoms with Crippen LogP contribution in [0.15, 0.2) is 30.3 Å². The van der Waals surface area contributed by atoms with Gasteiger partial charge in [-0.25, -0.2) is 8.78 Å². The Balaban J connectivity index is 1.31. The second-order valence-corrected chi connectivity index (χ2v) is 10.4. The molecule has 0 spiro atoms. The summed E-state index contributed by atoms with van der Waals surface area (Å²) < 4.78 is 27.1. The third-order valence-electron chi connectivity index (χ3n) is 7.87. The van der Waals surface area contributed by atoms with E-state index in [4.69, 9.17) is 0 Å². The van der Waals surface area contributed by atoms with Crippen molar-refractivity contribution < 1.29 is 23.5 Å². The van der Waals surface area contributed by atoms with Crippen molar-refractivity contribution in [2.24, 2.45) is 5.92 Å². The van der Waals surface area contributed by atoms with Crippen molar-refractivity contribution >= 4 is 11.8 Å². The van der Waals surface area contributed by atoms with Crippen molar-refractivity contribution in [3.8, 4) is 0 Å². The van der Waals surface area contributed by atoms with E-state index in [1.165, 1.54) is 6.92 Å². The molecule has 4 rings (SSSR count). The average molecular weight is 478 g/mol. The molecule has 3 atom stereocenters. The fourth-order valence-corrected chi connectivity index (χ4v) is 6.00. The summed E-state index contributed by atoms with van der Waals surface area (Å²) in [6, 6.07) is 10.1. The van der Waals surface area contributed by atoms with Gasteiger partial charge in [0.25, 0.3) is 11.8 Å². The summed E-state index contributed by atoms with van der Waals surface area (Å²) in [5.74, 6) is -2.90. The third-order valence-corrected chi connectivity index (χ3v) is 7.87. The van der Waals surface area contributed by atoms with Gasteiger partial charge >= 0.3 is 0 Å². The van der Waals surface area contributed by atoms with Crippen LogP contribution >= 0.6 is 0 Å². The number of hydrogen-bond acceptors (Lipinski definition) is 4. The lowest BCUT2D eigenvalue weighted by Gasteiger charge is -2.41. The average Bonchev–Trinajstić information content (AvgIpc) is 3.05. The maximum atomic E-state index is 13.5. The number of halogens is 2. The summed E-state index contributed by atoms with van der Waals surface area (Å²) in [4.78, 5) is 29.4. The lowest BCUT2D eigenvalue weighted by Crippen LogP contribution is -2.53. The summed E-state index contributed by atoms with van der Waals surface area (Å²) >= 11 is 0. The highest BCUT2D eigenvalue weighted by Gasteiger charge is 2.41. The molecule has 2 aliphatic heterocycles. The second-order valence-electron chi connectivity index (χ2n) is 10.4. The van der Waals surface area contributed by atoms with E-state index in [-0.39, 0.29) is 36.6 Å². The Bertz CT molecular complexity index is 827. The van der Waals surface area contributed by atoms with Crippen LogP contribution in [0.25, 0.3) is 0 Å². The number of fused-ring (bicyclic) bond motifs is 2. The van der Waals surface area contributed by atoms with Crippen LogP contribution in [0.1, 0.15) is 68.6 Å². The molecule has 1 aromatic rings. The van der Waals surface area contributed by atoms with E-state index in [1.54, 1.807) is 4.90 Å². The molecule has 3 fully saturated rings. The minimum Gasteiger partial charge on any atom is -0.384 e. The fraction of sp³-hybridized carbons (Fsp3) is 0.692. The normalized spacial score (nSPS) is 27.8. The van der Waals surface area contributed by atoms with Crippen molar-refractivity contribution in [1.29, 1.82) is 0 Å². The van der Waals surface area contributed by atoms with Crippen molar-refractivity contribution in [2.45, 2.75) is 88.4 Å². The van der Waals surface area contributed by atoms with E-state index >= 15 is 0 Å². The van der Waals surface area contributed by atoms with E-state index in [0.717, 1.165) is 25.7 Å². The lowest BCUT2D eigenvalue weighted by molar-refractivity contribution is -0.141. The maximum absolute atomic E-state index is 13.5. The van der Waals surface area contributed by atoms with Crippen LogP contribution in [0.2, 0.25) is 0 Å². The molecule has 0 radical (unpaired) electrons. The third kappa shape index (κ3) is 6.13. The van der Waals surface area contributed by atoms with Crippen LogP contribution in [-0.4, -0.2) is 76.5 Å². The number of nitrogens with one attached hydrogen (secondary N) is 1. The highest BCUT2D eigenvalue weighted by molar-refractivity contribution is 5.94. The first-order chi connectivity index (χ1) is 16.2. The van der Waals surface area contributed by atoms with Gasteiger partial charge in [-0.2, -0.15) is 0 Å². The SMILES string of the molecule is C[C@H](O)C(=O)N(CCN1C2CCC1CC(NC(=O)c1ccccc1)C2)CC1CCC(F)(F)CC1. The van der Waals surface area contributed by atoms with Crippen molar-refractivity contribution in [3.63, 3.8) is 0 Å². The maximum Gasteiger partial charge on any atom is 0.251 e. The molecule has 8 heteroatoms. The van der Waals surface area contributed by atoms with Gasteiger partial charge in [0, 0.05) is 56.2 Å². The second kappa shape index (κ2) is 10.7. The number of amides is 2. The molecule has 1 saturated carbocycles. The molecule has 2 heterocycles. The van der Waals surface area contributed by atoms with Crippen molar-refractivity contribution in [1.82, 2.24) is 15.1 Å². The number of nitrogens with zero attached hydrogens (tertiary/aromatic N) is 2. The van der Waals surface area contributed by atoms with Crippen LogP contribution < -0.4 is 5.32 Å². The zero-order valence-corrected chi connectivity index (χ0v) is 20.0. The Labute approximate surface area is 200 Å². The molecular weight excluding hydrogens is 440 g/mol. The Hall–Kier alpha value is -2.06. The van der Waals surface area contributed by atoms with E-state index < -0.39 is 12.0 Å². The first-order valence-electron chi connectivity index (χ1n) is 12.7. The van der Waals surface area contributed by atoms with Gasteiger partial charge in [0.05, 0.1) is 0 Å². The van der Waals surface area contributed by atoms with Crippen molar-refractivity contribution in [2.75, 3.05) is 19.6 Å². The van der Waals surface area contributed by atoms with Gasteiger partial charge in [-0.05, 0) is 63.5 Å². The van der Waals surface area contributed by atoms with E-state index in [1.807, 2.05) is 30.3 Å². The first kappa shape index (κ1) is 25.0. The molecule has 2 unspecified atom stereocenters. The summed E-state index contributed by atoms with van der Waals surface area (Å²) in [5, 5.41) is 13.1. The number of alkyl halides is 2. The van der Waals surface area contributed by atoms with Gasteiger partial charge in [-0.1, -0.05) is 18.2 Å². The molecule has 3 aliphatic rings. The number of rotatable bonds is 8. The molecule has 2 saturated heterocycles. The van der Waals surface area contributed by atoms with Crippen LogP contribution in [0.5, 0.6) is 0 Å². The Kier molecular flexibility index (Phi) is 7.87. The van der Waals surface area contributed by atoms with Crippen molar-refractivity contribution in [3.05, 3.63) is 35.9 Å². The molecule has 2 bridgehead atoms. The Morgan fingerprint density at radius 3 is 2.32 bits per heavy atom. The predicted octanol–water partition coefficient (Wildman–Crippen LogP) is 3.45. The fourth-order valence-electron chi connectivity index (χ4n) is 6.00. The van der Waals surface area contributed by atoms with Gasteiger partial charge in [0.1, 0.15) is 6.10 Å². The molecule has 34 heavy (non-hydrogen) atoms. The first-order valence-corrected chi connectivity index (χ1v) is 12.7. The zero-order valence-electron chi connectivity index (χ0n) is 20.0. The van der Waals surface area contributed by atoms with Crippen LogP contribution in [0.3, 0.4) is 0 Å². The van der Waals surface area contributed by atoms with E-state index in [9.17, 15) is 23.5 Å². The standard InChI is InChI=1S/C26H37F2N3O3/c1-18(32)25(34)30(17-19-9-11-26(27,28)12-10-19)13-14-31-22-7-8-23(31)16-21(15-22)29-24(33)20-5-3-2-4-6-20/h2-6,18-19,21-23,32H,7-17H2,1H3,(H,29,33)/t18-,21?,22?,23?/m0/s1. The zero-order chi connectivity index (χ0) is 24.3. The molecule has 188 valence electrons. The summed E-state index contributed by atoms with van der Waals surface area (Å²) in [6.45, 7) is 3.09. The number of benzene rings is 1. The number of hydrogen-bond donors (Lipinski definition) is 2. The minimum absolute atomic E-state index is 0.0368. The van der Waals surface area contributed by atoms with Gasteiger partial charge in [-0.15, -0.1) is 0 Å². The molecule has 2 N–H and O–H groups in total. The lowest BCUT2D eigenvalue weighted by atomic mass is 9.86. The smallest absolute Gasteiger partial charge is 0.251 e. The van der Waals surface area contributed by atoms with Gasteiger partial charge in [-0.3, -0.25) is 14.5 Å². The van der Waals surface area contributed by atoms with Crippen LogP contribution in [0.4, 0.5) is 8.78 Å². The topological polar surface area (TPSA) is 72.9 Å². The Morgan fingerprint density at radius 2 is 1.74 bits per heavy atom. The molecule has 2 amide bonds. The predicted molar refractivity (Wildman–Crippen MR) is 126 cm³/mol. The minimum atomic E-state index is -2.59. The van der Waals surface area contributed by atoms with Crippen LogP contribution in [0, 0.1) is 5.92 Å².